The fourth-order valence-electron chi connectivity index (χ4n) is 1.86. The van der Waals surface area contributed by atoms with Gasteiger partial charge in [-0.1, -0.05) is 6.92 Å². The Hall–Kier alpha value is -2.09. The quantitative estimate of drug-likeness (QED) is 0.843. The maximum atomic E-state index is 10.8. The standard InChI is InChI=1S/C12H13N3O2/c1-8(12(16)17)10-6-15(7-10)11-3-2-9(4-13)5-14-11/h2-3,5,8,10H,6-7H2,1H3,(H,16,17). The number of aromatic nitrogens is 1. The molecule has 5 heteroatoms. The Balaban J connectivity index is 1.95. The zero-order chi connectivity index (χ0) is 12.4. The van der Waals surface area contributed by atoms with E-state index >= 15 is 0 Å². The molecule has 1 atom stereocenters. The Kier molecular flexibility index (Phi) is 2.96. The molecule has 1 aromatic heterocycles. The van der Waals surface area contributed by atoms with Gasteiger partial charge in [0.2, 0.25) is 0 Å². The second-order valence-corrected chi connectivity index (χ2v) is 4.31. The Morgan fingerprint density at radius 1 is 1.65 bits per heavy atom. The maximum Gasteiger partial charge on any atom is 0.306 e. The zero-order valence-corrected chi connectivity index (χ0v) is 9.50. The summed E-state index contributed by atoms with van der Waals surface area (Å²) in [5.41, 5.74) is 0.532. The number of carboxylic acid groups (broad SMARTS) is 1. The molecule has 88 valence electrons. The average molecular weight is 231 g/mol. The molecular weight excluding hydrogens is 218 g/mol. The zero-order valence-electron chi connectivity index (χ0n) is 9.50. The number of hydrogen-bond acceptors (Lipinski definition) is 4. The molecule has 17 heavy (non-hydrogen) atoms. The second kappa shape index (κ2) is 4.42. The van der Waals surface area contributed by atoms with E-state index in [9.17, 15) is 4.79 Å². The van der Waals surface area contributed by atoms with Gasteiger partial charge in [0.05, 0.1) is 11.5 Å². The summed E-state index contributed by atoms with van der Waals surface area (Å²) in [6, 6.07) is 5.52. The van der Waals surface area contributed by atoms with E-state index in [2.05, 4.69) is 4.98 Å². The Labute approximate surface area is 99.3 Å². The number of carbonyl (C=O) groups is 1. The van der Waals surface area contributed by atoms with Gasteiger partial charge in [0, 0.05) is 25.2 Å². The normalized spacial score (nSPS) is 17.1. The molecule has 5 nitrogen and oxygen atoms in total. The second-order valence-electron chi connectivity index (χ2n) is 4.31. The monoisotopic (exact) mass is 231 g/mol. The van der Waals surface area contributed by atoms with E-state index in [0.717, 1.165) is 5.82 Å². The number of nitriles is 1. The van der Waals surface area contributed by atoms with Gasteiger partial charge in [-0.2, -0.15) is 5.26 Å². The lowest BCUT2D eigenvalue weighted by Crippen LogP contribution is -2.51. The van der Waals surface area contributed by atoms with Crippen LogP contribution in [0.2, 0.25) is 0 Å². The number of hydrogen-bond donors (Lipinski definition) is 1. The summed E-state index contributed by atoms with van der Waals surface area (Å²) in [5.74, 6) is -0.0742. The SMILES string of the molecule is CC(C(=O)O)C1CN(c2ccc(C#N)cn2)C1. The van der Waals surface area contributed by atoms with Crippen molar-refractivity contribution >= 4 is 11.8 Å². The number of anilines is 1. The highest BCUT2D eigenvalue weighted by Gasteiger charge is 2.35. The molecule has 1 aliphatic heterocycles. The van der Waals surface area contributed by atoms with Gasteiger partial charge in [-0.25, -0.2) is 4.98 Å². The van der Waals surface area contributed by atoms with Crippen molar-refractivity contribution in [1.82, 2.24) is 4.98 Å². The van der Waals surface area contributed by atoms with Gasteiger partial charge in [-0.3, -0.25) is 4.79 Å². The Bertz CT molecular complexity index is 458. The van der Waals surface area contributed by atoms with Crippen molar-refractivity contribution in [3.63, 3.8) is 0 Å². The van der Waals surface area contributed by atoms with Crippen molar-refractivity contribution in [2.75, 3.05) is 18.0 Å². The minimum atomic E-state index is -0.748. The number of aliphatic carboxylic acids is 1. The van der Waals surface area contributed by atoms with E-state index in [4.69, 9.17) is 10.4 Å². The first kappa shape index (κ1) is 11.4. The summed E-state index contributed by atoms with van der Waals surface area (Å²) in [4.78, 5) is 17.0. The number of pyridine rings is 1. The highest BCUT2D eigenvalue weighted by molar-refractivity contribution is 5.70. The van der Waals surface area contributed by atoms with Gasteiger partial charge in [0.1, 0.15) is 11.9 Å². The van der Waals surface area contributed by atoms with E-state index < -0.39 is 5.97 Å². The molecule has 0 aliphatic carbocycles. The fraction of sp³-hybridized carbons (Fsp3) is 0.417. The van der Waals surface area contributed by atoms with Gasteiger partial charge < -0.3 is 10.0 Å². The molecule has 1 aromatic rings. The van der Waals surface area contributed by atoms with E-state index in [0.29, 0.717) is 18.7 Å². The van der Waals surface area contributed by atoms with E-state index in [1.807, 2.05) is 11.0 Å². The van der Waals surface area contributed by atoms with Crippen LogP contribution >= 0.6 is 0 Å². The lowest BCUT2D eigenvalue weighted by molar-refractivity contribution is -0.143. The van der Waals surface area contributed by atoms with E-state index in [1.54, 1.807) is 19.1 Å². The predicted octanol–water partition coefficient (Wildman–Crippen LogP) is 1.11. The number of nitrogens with zero attached hydrogens (tertiary/aromatic N) is 3. The molecule has 1 fully saturated rings. The summed E-state index contributed by atoms with van der Waals surface area (Å²) in [5, 5.41) is 17.5. The first-order chi connectivity index (χ1) is 8.11. The van der Waals surface area contributed by atoms with E-state index in [-0.39, 0.29) is 11.8 Å². The van der Waals surface area contributed by atoms with Crippen LogP contribution in [0.25, 0.3) is 0 Å². The molecule has 0 amide bonds. The van der Waals surface area contributed by atoms with Crippen LogP contribution in [0, 0.1) is 23.2 Å². The average Bonchev–Trinajstić information content (AvgIpc) is 2.27. The third kappa shape index (κ3) is 2.21. The van der Waals surface area contributed by atoms with Crippen molar-refractivity contribution in [3.05, 3.63) is 23.9 Å². The summed E-state index contributed by atoms with van der Waals surface area (Å²) in [6.45, 7) is 3.16. The molecule has 2 rings (SSSR count). The van der Waals surface area contributed by atoms with Gasteiger partial charge in [-0.05, 0) is 12.1 Å². The van der Waals surface area contributed by atoms with Gasteiger partial charge in [0.15, 0.2) is 0 Å². The van der Waals surface area contributed by atoms with Crippen LogP contribution in [0.3, 0.4) is 0 Å². The van der Waals surface area contributed by atoms with Crippen molar-refractivity contribution in [2.45, 2.75) is 6.92 Å². The van der Waals surface area contributed by atoms with Crippen molar-refractivity contribution in [2.24, 2.45) is 11.8 Å². The number of carboxylic acids is 1. The Morgan fingerprint density at radius 2 is 2.35 bits per heavy atom. The van der Waals surface area contributed by atoms with Crippen LogP contribution in [0.5, 0.6) is 0 Å². The lowest BCUT2D eigenvalue weighted by Gasteiger charge is -2.42. The van der Waals surface area contributed by atoms with Crippen molar-refractivity contribution in [3.8, 4) is 6.07 Å². The van der Waals surface area contributed by atoms with Crippen LogP contribution in [-0.2, 0) is 4.79 Å². The topological polar surface area (TPSA) is 77.2 Å². The van der Waals surface area contributed by atoms with Gasteiger partial charge in [0.25, 0.3) is 0 Å². The first-order valence-corrected chi connectivity index (χ1v) is 5.45. The van der Waals surface area contributed by atoms with Crippen LogP contribution in [0.1, 0.15) is 12.5 Å². The van der Waals surface area contributed by atoms with Crippen LogP contribution in [-0.4, -0.2) is 29.1 Å². The summed E-state index contributed by atoms with van der Waals surface area (Å²) < 4.78 is 0. The highest BCUT2D eigenvalue weighted by Crippen LogP contribution is 2.28. The molecule has 0 aromatic carbocycles. The minimum absolute atomic E-state index is 0.185. The van der Waals surface area contributed by atoms with Crippen molar-refractivity contribution < 1.29 is 9.90 Å². The minimum Gasteiger partial charge on any atom is -0.481 e. The molecular formula is C12H13N3O2. The molecule has 1 unspecified atom stereocenters. The maximum absolute atomic E-state index is 10.8. The molecule has 0 saturated carbocycles. The molecule has 0 spiro atoms. The molecule has 1 N–H and O–H groups in total. The largest absolute Gasteiger partial charge is 0.481 e. The highest BCUT2D eigenvalue weighted by atomic mass is 16.4. The summed E-state index contributed by atoms with van der Waals surface area (Å²) >= 11 is 0. The van der Waals surface area contributed by atoms with E-state index in [1.165, 1.54) is 6.20 Å². The van der Waals surface area contributed by atoms with Gasteiger partial charge in [-0.15, -0.1) is 0 Å². The van der Waals surface area contributed by atoms with Crippen LogP contribution < -0.4 is 4.90 Å². The Morgan fingerprint density at radius 3 is 2.82 bits per heavy atom. The number of rotatable bonds is 3. The van der Waals surface area contributed by atoms with Crippen LogP contribution in [0.4, 0.5) is 5.82 Å². The molecule has 0 radical (unpaired) electrons. The molecule has 0 bridgehead atoms. The summed E-state index contributed by atoms with van der Waals surface area (Å²) in [7, 11) is 0. The third-order valence-corrected chi connectivity index (χ3v) is 3.21. The predicted molar refractivity (Wildman–Crippen MR) is 61.5 cm³/mol. The molecule has 1 saturated heterocycles. The third-order valence-electron chi connectivity index (χ3n) is 3.21. The van der Waals surface area contributed by atoms with Crippen LogP contribution in [0.15, 0.2) is 18.3 Å². The summed E-state index contributed by atoms with van der Waals surface area (Å²) in [6.07, 6.45) is 1.53. The smallest absolute Gasteiger partial charge is 0.306 e. The lowest BCUT2D eigenvalue weighted by atomic mass is 9.87. The first-order valence-electron chi connectivity index (χ1n) is 5.45. The molecule has 1 aliphatic rings. The van der Waals surface area contributed by atoms with Gasteiger partial charge >= 0.3 is 5.97 Å². The van der Waals surface area contributed by atoms with Crippen molar-refractivity contribution in [1.29, 1.82) is 5.26 Å². The molecule has 2 heterocycles. The fourth-order valence-corrected chi connectivity index (χ4v) is 1.86.